The van der Waals surface area contributed by atoms with Gasteiger partial charge in [-0.2, -0.15) is 0 Å². The quantitative estimate of drug-likeness (QED) is 0.793. The first kappa shape index (κ1) is 14.8. The van der Waals surface area contributed by atoms with E-state index in [4.69, 9.17) is 4.74 Å². The van der Waals surface area contributed by atoms with Gasteiger partial charge in [0.05, 0.1) is 11.9 Å². The van der Waals surface area contributed by atoms with Crippen LogP contribution < -0.4 is 0 Å². The van der Waals surface area contributed by atoms with Crippen molar-refractivity contribution in [2.24, 2.45) is 0 Å². The summed E-state index contributed by atoms with van der Waals surface area (Å²) in [4.78, 5) is 14.3. The smallest absolute Gasteiger partial charge is 0.412 e. The molecule has 0 bridgehead atoms. The molecule has 1 saturated heterocycles. The van der Waals surface area contributed by atoms with Gasteiger partial charge in [-0.25, -0.2) is 9.48 Å². The number of ether oxygens (including phenoxy) is 1. The van der Waals surface area contributed by atoms with Crippen molar-refractivity contribution < 1.29 is 9.53 Å². The number of hydrogen-bond acceptors (Lipinski definition) is 4. The lowest BCUT2D eigenvalue weighted by atomic mass is 9.97. The normalized spacial score (nSPS) is 23.8. The van der Waals surface area contributed by atoms with Crippen LogP contribution >= 0.6 is 0 Å². The van der Waals surface area contributed by atoms with Crippen LogP contribution in [0.15, 0.2) is 6.20 Å². The molecule has 0 N–H and O–H groups in total. The fourth-order valence-electron chi connectivity index (χ4n) is 2.69. The second-order valence-corrected chi connectivity index (χ2v) is 6.59. The highest BCUT2D eigenvalue weighted by Crippen LogP contribution is 2.33. The number of rotatable bonds is 1. The molecule has 1 aliphatic heterocycles. The molecule has 0 radical (unpaired) electrons. The van der Waals surface area contributed by atoms with Crippen molar-refractivity contribution in [2.75, 3.05) is 6.54 Å². The Labute approximate surface area is 120 Å². The van der Waals surface area contributed by atoms with E-state index >= 15 is 0 Å². The third-order valence-electron chi connectivity index (χ3n) is 3.65. The van der Waals surface area contributed by atoms with E-state index in [1.54, 1.807) is 11.1 Å². The van der Waals surface area contributed by atoms with Crippen LogP contribution in [0.25, 0.3) is 0 Å². The summed E-state index contributed by atoms with van der Waals surface area (Å²) in [5.74, 6) is 0. The number of likely N-dealkylation sites (tertiary alicyclic amines) is 1. The number of carbonyl (C=O) groups is 1. The number of aryl methyl sites for hydroxylation is 1. The Morgan fingerprint density at radius 3 is 2.65 bits per heavy atom. The number of amides is 1. The standard InChI is InChI=1S/C14H24N4O2/c1-11-10-15-16-18(11)14(5)8-6-7-9-17(14)12(19)20-13(2,3)4/h10H,6-9H2,1-5H3. The maximum absolute atomic E-state index is 12.5. The molecular formula is C14H24N4O2. The highest BCUT2D eigenvalue weighted by atomic mass is 16.6. The molecule has 2 rings (SSSR count). The van der Waals surface area contributed by atoms with Crippen LogP contribution in [0, 0.1) is 6.92 Å². The molecule has 0 spiro atoms. The first-order valence-corrected chi connectivity index (χ1v) is 7.12. The van der Waals surface area contributed by atoms with Crippen LogP contribution in [-0.2, 0) is 10.4 Å². The van der Waals surface area contributed by atoms with Gasteiger partial charge in [-0.15, -0.1) is 5.10 Å². The zero-order valence-corrected chi connectivity index (χ0v) is 13.0. The van der Waals surface area contributed by atoms with E-state index in [2.05, 4.69) is 10.3 Å². The molecule has 2 heterocycles. The minimum absolute atomic E-state index is 0.283. The molecule has 1 amide bonds. The van der Waals surface area contributed by atoms with Gasteiger partial charge in [-0.1, -0.05) is 5.21 Å². The monoisotopic (exact) mass is 280 g/mol. The highest BCUT2D eigenvalue weighted by Gasteiger charge is 2.42. The summed E-state index contributed by atoms with van der Waals surface area (Å²) in [7, 11) is 0. The van der Waals surface area contributed by atoms with Gasteiger partial charge in [-0.05, 0) is 53.9 Å². The van der Waals surface area contributed by atoms with Crippen molar-refractivity contribution in [1.29, 1.82) is 0 Å². The molecule has 0 aliphatic carbocycles. The minimum Gasteiger partial charge on any atom is -0.444 e. The van der Waals surface area contributed by atoms with Gasteiger partial charge in [0, 0.05) is 6.54 Å². The lowest BCUT2D eigenvalue weighted by molar-refractivity contribution is -0.0433. The van der Waals surface area contributed by atoms with Crippen LogP contribution in [0.1, 0.15) is 52.7 Å². The third-order valence-corrected chi connectivity index (χ3v) is 3.65. The Bertz CT molecular complexity index is 492. The number of hydrogen-bond donors (Lipinski definition) is 0. The maximum Gasteiger partial charge on any atom is 0.412 e. The average molecular weight is 280 g/mol. The van der Waals surface area contributed by atoms with Gasteiger partial charge in [0.1, 0.15) is 11.3 Å². The van der Waals surface area contributed by atoms with E-state index in [1.165, 1.54) is 0 Å². The van der Waals surface area contributed by atoms with E-state index < -0.39 is 11.3 Å². The van der Waals surface area contributed by atoms with Crippen molar-refractivity contribution in [3.05, 3.63) is 11.9 Å². The van der Waals surface area contributed by atoms with Crippen LogP contribution in [0.3, 0.4) is 0 Å². The topological polar surface area (TPSA) is 60.2 Å². The zero-order valence-electron chi connectivity index (χ0n) is 13.0. The lowest BCUT2D eigenvalue weighted by Crippen LogP contribution is -2.56. The second kappa shape index (κ2) is 5.07. The molecule has 1 aromatic rings. The van der Waals surface area contributed by atoms with Gasteiger partial charge >= 0.3 is 6.09 Å². The summed E-state index contributed by atoms with van der Waals surface area (Å²) in [6.07, 6.45) is 4.34. The molecule has 1 atom stereocenters. The van der Waals surface area contributed by atoms with E-state index in [0.29, 0.717) is 6.54 Å². The van der Waals surface area contributed by atoms with E-state index in [1.807, 2.05) is 39.3 Å². The predicted octanol–water partition coefficient (Wildman–Crippen LogP) is 2.68. The summed E-state index contributed by atoms with van der Waals surface area (Å²) in [6.45, 7) is 10.3. The van der Waals surface area contributed by atoms with E-state index in [9.17, 15) is 4.79 Å². The SMILES string of the molecule is Cc1cnnn1C1(C)CCCCN1C(=O)OC(C)(C)C. The van der Waals surface area contributed by atoms with Crippen molar-refractivity contribution >= 4 is 6.09 Å². The molecule has 0 saturated carbocycles. The largest absolute Gasteiger partial charge is 0.444 e. The molecular weight excluding hydrogens is 256 g/mol. The Morgan fingerprint density at radius 1 is 1.40 bits per heavy atom. The molecule has 6 heteroatoms. The Kier molecular flexibility index (Phi) is 3.75. The molecule has 1 fully saturated rings. The molecule has 112 valence electrons. The predicted molar refractivity (Wildman–Crippen MR) is 75.2 cm³/mol. The minimum atomic E-state index is -0.499. The number of carbonyl (C=O) groups excluding carboxylic acids is 1. The van der Waals surface area contributed by atoms with Crippen molar-refractivity contribution in [2.45, 2.75) is 65.1 Å². The van der Waals surface area contributed by atoms with Crippen LogP contribution in [0.2, 0.25) is 0 Å². The van der Waals surface area contributed by atoms with Gasteiger partial charge < -0.3 is 4.74 Å². The van der Waals surface area contributed by atoms with Gasteiger partial charge in [0.15, 0.2) is 0 Å². The summed E-state index contributed by atoms with van der Waals surface area (Å²) < 4.78 is 7.37. The Hall–Kier alpha value is -1.59. The molecule has 0 aromatic carbocycles. The Morgan fingerprint density at radius 2 is 2.10 bits per heavy atom. The summed E-state index contributed by atoms with van der Waals surface area (Å²) in [6, 6.07) is 0. The van der Waals surface area contributed by atoms with E-state index in [-0.39, 0.29) is 6.09 Å². The van der Waals surface area contributed by atoms with Crippen LogP contribution in [0.4, 0.5) is 4.79 Å². The first-order valence-electron chi connectivity index (χ1n) is 7.12. The van der Waals surface area contributed by atoms with Crippen LogP contribution in [-0.4, -0.2) is 38.1 Å². The van der Waals surface area contributed by atoms with Gasteiger partial charge in [0.2, 0.25) is 0 Å². The van der Waals surface area contributed by atoms with E-state index in [0.717, 1.165) is 25.0 Å². The highest BCUT2D eigenvalue weighted by molar-refractivity contribution is 5.69. The second-order valence-electron chi connectivity index (χ2n) is 6.59. The molecule has 6 nitrogen and oxygen atoms in total. The summed E-state index contributed by atoms with van der Waals surface area (Å²) in [5, 5.41) is 8.10. The van der Waals surface area contributed by atoms with Gasteiger partial charge in [0.25, 0.3) is 0 Å². The first-order chi connectivity index (χ1) is 9.24. The maximum atomic E-state index is 12.5. The lowest BCUT2D eigenvalue weighted by Gasteiger charge is -2.45. The molecule has 20 heavy (non-hydrogen) atoms. The van der Waals surface area contributed by atoms with Crippen molar-refractivity contribution in [3.8, 4) is 0 Å². The van der Waals surface area contributed by atoms with Crippen LogP contribution in [0.5, 0.6) is 0 Å². The fraction of sp³-hybridized carbons (Fsp3) is 0.786. The third kappa shape index (κ3) is 2.78. The molecule has 1 aromatic heterocycles. The van der Waals surface area contributed by atoms with Crippen molar-refractivity contribution in [1.82, 2.24) is 19.9 Å². The average Bonchev–Trinajstić information content (AvgIpc) is 2.74. The van der Waals surface area contributed by atoms with Gasteiger partial charge in [-0.3, -0.25) is 4.90 Å². The fourth-order valence-corrected chi connectivity index (χ4v) is 2.69. The number of piperidine rings is 1. The molecule has 1 aliphatic rings. The van der Waals surface area contributed by atoms with Crippen molar-refractivity contribution in [3.63, 3.8) is 0 Å². The number of nitrogens with zero attached hydrogens (tertiary/aromatic N) is 4. The molecule has 1 unspecified atom stereocenters. The Balaban J connectivity index is 2.30. The summed E-state index contributed by atoms with van der Waals surface area (Å²) >= 11 is 0. The number of aromatic nitrogens is 3. The zero-order chi connectivity index (χ0) is 15.0. The summed E-state index contributed by atoms with van der Waals surface area (Å²) in [5.41, 5.74) is -0.0449.